The van der Waals surface area contributed by atoms with E-state index in [0.29, 0.717) is 31.1 Å². The van der Waals surface area contributed by atoms with E-state index >= 15 is 0 Å². The van der Waals surface area contributed by atoms with Gasteiger partial charge in [-0.1, -0.05) is 13.0 Å². The van der Waals surface area contributed by atoms with Crippen LogP contribution in [0.5, 0.6) is 5.75 Å². The minimum absolute atomic E-state index is 0.00747. The third kappa shape index (κ3) is 3.10. The molecule has 23 heavy (non-hydrogen) atoms. The lowest BCUT2D eigenvalue weighted by Gasteiger charge is -2.34. The molecule has 1 unspecified atom stereocenters. The maximum Gasteiger partial charge on any atom is 0.258 e. The molecule has 2 aromatic rings. The first-order valence-electron chi connectivity index (χ1n) is 7.87. The Morgan fingerprint density at radius 1 is 1.35 bits per heavy atom. The molecular formula is C18H21NO4. The van der Waals surface area contributed by atoms with Crippen molar-refractivity contribution >= 4 is 5.91 Å². The molecule has 1 aliphatic rings. The maximum atomic E-state index is 12.9. The molecule has 0 saturated carbocycles. The summed E-state index contributed by atoms with van der Waals surface area (Å²) in [4.78, 5) is 14.7. The van der Waals surface area contributed by atoms with Gasteiger partial charge < -0.3 is 19.2 Å². The average Bonchev–Trinajstić information content (AvgIpc) is 3.01. The van der Waals surface area contributed by atoms with E-state index < -0.39 is 0 Å². The van der Waals surface area contributed by atoms with Crippen LogP contribution in [0, 0.1) is 6.92 Å². The highest BCUT2D eigenvalue weighted by atomic mass is 16.5. The van der Waals surface area contributed by atoms with Gasteiger partial charge in [-0.2, -0.15) is 0 Å². The second-order valence-corrected chi connectivity index (χ2v) is 5.74. The Balaban J connectivity index is 1.92. The van der Waals surface area contributed by atoms with Gasteiger partial charge in [-0.05, 0) is 43.2 Å². The molecule has 1 atom stereocenters. The fourth-order valence-corrected chi connectivity index (χ4v) is 2.84. The third-order valence-corrected chi connectivity index (χ3v) is 4.18. The second-order valence-electron chi connectivity index (χ2n) is 5.74. The Kier molecular flexibility index (Phi) is 4.39. The number of carbonyl (C=O) groups excluding carboxylic acids is 1. The largest absolute Gasteiger partial charge is 0.507 e. The number of benzene rings is 1. The summed E-state index contributed by atoms with van der Waals surface area (Å²) in [5.74, 6) is 1.32. The molecule has 1 aliphatic heterocycles. The molecule has 3 rings (SSSR count). The molecule has 122 valence electrons. The van der Waals surface area contributed by atoms with Crippen LogP contribution in [0.1, 0.15) is 40.4 Å². The van der Waals surface area contributed by atoms with Crippen molar-refractivity contribution in [3.8, 4) is 5.75 Å². The van der Waals surface area contributed by atoms with Crippen molar-refractivity contribution in [1.82, 2.24) is 4.90 Å². The Morgan fingerprint density at radius 3 is 2.87 bits per heavy atom. The lowest BCUT2D eigenvalue weighted by Crippen LogP contribution is -2.43. The summed E-state index contributed by atoms with van der Waals surface area (Å²) < 4.78 is 11.2. The van der Waals surface area contributed by atoms with Crippen LogP contribution in [0.15, 0.2) is 34.7 Å². The first-order valence-corrected chi connectivity index (χ1v) is 7.87. The summed E-state index contributed by atoms with van der Waals surface area (Å²) in [7, 11) is 0. The average molecular weight is 315 g/mol. The van der Waals surface area contributed by atoms with Crippen LogP contribution in [0.4, 0.5) is 0 Å². The Bertz CT molecular complexity index is 707. The number of hydrogen-bond donors (Lipinski definition) is 1. The van der Waals surface area contributed by atoms with Gasteiger partial charge in [0.05, 0.1) is 18.8 Å². The molecule has 5 heteroatoms. The van der Waals surface area contributed by atoms with Crippen LogP contribution in [-0.2, 0) is 11.2 Å². The van der Waals surface area contributed by atoms with E-state index in [1.54, 1.807) is 17.0 Å². The first-order chi connectivity index (χ1) is 11.1. The summed E-state index contributed by atoms with van der Waals surface area (Å²) >= 11 is 0. The van der Waals surface area contributed by atoms with Crippen molar-refractivity contribution in [3.63, 3.8) is 0 Å². The number of phenols is 1. The molecule has 5 nitrogen and oxygen atoms in total. The van der Waals surface area contributed by atoms with Gasteiger partial charge in [-0.25, -0.2) is 0 Å². The van der Waals surface area contributed by atoms with Crippen molar-refractivity contribution in [2.45, 2.75) is 26.3 Å². The number of hydrogen-bond acceptors (Lipinski definition) is 4. The predicted molar refractivity (Wildman–Crippen MR) is 85.5 cm³/mol. The molecule has 1 N–H and O–H groups in total. The summed E-state index contributed by atoms with van der Waals surface area (Å²) in [6.07, 6.45) is 0.810. The fourth-order valence-electron chi connectivity index (χ4n) is 2.84. The van der Waals surface area contributed by atoms with Gasteiger partial charge in [0.25, 0.3) is 5.91 Å². The summed E-state index contributed by atoms with van der Waals surface area (Å²) in [5.41, 5.74) is 1.35. The van der Waals surface area contributed by atoms with E-state index in [2.05, 4.69) is 0 Å². The maximum absolute atomic E-state index is 12.9. The molecule has 1 aromatic carbocycles. The number of aromatic hydroxyl groups is 1. The molecule has 2 heterocycles. The Labute approximate surface area is 135 Å². The quantitative estimate of drug-likeness (QED) is 0.945. The predicted octanol–water partition coefficient (Wildman–Crippen LogP) is 3.07. The van der Waals surface area contributed by atoms with Crippen LogP contribution in [0.2, 0.25) is 0 Å². The van der Waals surface area contributed by atoms with Crippen molar-refractivity contribution in [1.29, 1.82) is 0 Å². The standard InChI is InChI=1S/C18H21NO4/c1-3-13-5-6-16(20)14(10-13)18(21)19-8-9-22-11-15(19)17-7-4-12(2)23-17/h4-7,10,15,20H,3,8-9,11H2,1-2H3. The highest BCUT2D eigenvalue weighted by Gasteiger charge is 2.32. The number of aryl methyl sites for hydroxylation is 2. The van der Waals surface area contributed by atoms with Gasteiger partial charge in [-0.3, -0.25) is 4.79 Å². The fraction of sp³-hybridized carbons (Fsp3) is 0.389. The molecular weight excluding hydrogens is 294 g/mol. The molecule has 0 aliphatic carbocycles. The number of rotatable bonds is 3. The zero-order valence-corrected chi connectivity index (χ0v) is 13.4. The lowest BCUT2D eigenvalue weighted by molar-refractivity contribution is -0.00908. The van der Waals surface area contributed by atoms with E-state index in [-0.39, 0.29) is 17.7 Å². The normalized spacial score (nSPS) is 18.2. The van der Waals surface area contributed by atoms with Crippen LogP contribution in [-0.4, -0.2) is 35.7 Å². The highest BCUT2D eigenvalue weighted by molar-refractivity contribution is 5.97. The van der Waals surface area contributed by atoms with Crippen molar-refractivity contribution in [3.05, 3.63) is 53.0 Å². The number of nitrogens with zero attached hydrogens (tertiary/aromatic N) is 1. The number of ether oxygens (including phenoxy) is 1. The van der Waals surface area contributed by atoms with E-state index in [1.165, 1.54) is 0 Å². The van der Waals surface area contributed by atoms with Gasteiger partial charge in [0, 0.05) is 6.54 Å². The Hall–Kier alpha value is -2.27. The molecule has 1 saturated heterocycles. The zero-order valence-electron chi connectivity index (χ0n) is 13.4. The molecule has 1 amide bonds. The Morgan fingerprint density at radius 2 is 2.17 bits per heavy atom. The third-order valence-electron chi connectivity index (χ3n) is 4.18. The second kappa shape index (κ2) is 6.46. The smallest absolute Gasteiger partial charge is 0.258 e. The minimum atomic E-state index is -0.269. The van der Waals surface area contributed by atoms with Crippen LogP contribution >= 0.6 is 0 Å². The van der Waals surface area contributed by atoms with E-state index in [0.717, 1.165) is 17.7 Å². The van der Waals surface area contributed by atoms with Gasteiger partial charge >= 0.3 is 0 Å². The highest BCUT2D eigenvalue weighted by Crippen LogP contribution is 2.29. The first kappa shape index (κ1) is 15.6. The molecule has 0 spiro atoms. The molecule has 0 radical (unpaired) electrons. The van der Waals surface area contributed by atoms with E-state index in [1.807, 2.05) is 32.0 Å². The zero-order chi connectivity index (χ0) is 16.4. The van der Waals surface area contributed by atoms with Gasteiger partial charge in [0.2, 0.25) is 0 Å². The number of phenolic OH excluding ortho intramolecular Hbond substituents is 1. The minimum Gasteiger partial charge on any atom is -0.507 e. The van der Waals surface area contributed by atoms with Gasteiger partial charge in [0.15, 0.2) is 0 Å². The van der Waals surface area contributed by atoms with Crippen molar-refractivity contribution in [2.75, 3.05) is 19.8 Å². The van der Waals surface area contributed by atoms with E-state index in [9.17, 15) is 9.90 Å². The summed E-state index contributed by atoms with van der Waals surface area (Å²) in [5, 5.41) is 10.1. The summed E-state index contributed by atoms with van der Waals surface area (Å²) in [6, 6.07) is 8.66. The number of carbonyl (C=O) groups is 1. The van der Waals surface area contributed by atoms with Crippen molar-refractivity contribution in [2.24, 2.45) is 0 Å². The van der Waals surface area contributed by atoms with Crippen LogP contribution < -0.4 is 0 Å². The molecule has 1 fully saturated rings. The monoisotopic (exact) mass is 315 g/mol. The number of morpholine rings is 1. The lowest BCUT2D eigenvalue weighted by atomic mass is 10.0. The summed E-state index contributed by atoms with van der Waals surface area (Å²) in [6.45, 7) is 5.24. The number of amides is 1. The topological polar surface area (TPSA) is 62.9 Å². The van der Waals surface area contributed by atoms with Gasteiger partial charge in [-0.15, -0.1) is 0 Å². The van der Waals surface area contributed by atoms with Crippen LogP contribution in [0.25, 0.3) is 0 Å². The molecule has 0 bridgehead atoms. The number of furan rings is 1. The van der Waals surface area contributed by atoms with Gasteiger partial charge in [0.1, 0.15) is 23.3 Å². The van der Waals surface area contributed by atoms with E-state index in [4.69, 9.17) is 9.15 Å². The van der Waals surface area contributed by atoms with Crippen LogP contribution in [0.3, 0.4) is 0 Å². The molecule has 1 aromatic heterocycles. The SMILES string of the molecule is CCc1ccc(O)c(C(=O)N2CCOCC2c2ccc(C)o2)c1. The van der Waals surface area contributed by atoms with Crippen molar-refractivity contribution < 1.29 is 19.1 Å².